The van der Waals surface area contributed by atoms with Gasteiger partial charge in [-0.2, -0.15) is 0 Å². The Kier molecular flexibility index (Phi) is 42.0. The van der Waals surface area contributed by atoms with Gasteiger partial charge in [0, 0.05) is 35.5 Å². The Morgan fingerprint density at radius 2 is 0.755 bits per heavy atom. The van der Waals surface area contributed by atoms with Crippen molar-refractivity contribution in [1.82, 2.24) is 0 Å². The first kappa shape index (κ1) is 59.4. The van der Waals surface area contributed by atoms with E-state index < -0.39 is 28.2 Å². The molecular formula is C35H76O14. The molecule has 0 bridgehead atoms. The van der Waals surface area contributed by atoms with Gasteiger partial charge in [-0.25, -0.2) is 0 Å². The Morgan fingerprint density at radius 1 is 0.490 bits per heavy atom. The fourth-order valence-corrected chi connectivity index (χ4v) is 1.67. The third kappa shape index (κ3) is 55.9. The number of carbonyl (C=O) groups excluding carboxylic acids is 3. The minimum absolute atomic E-state index is 0.00926. The zero-order valence-electron chi connectivity index (χ0n) is 34.3. The largest absolute Gasteiger partial charge is 0.463 e. The molecule has 300 valence electrons. The SMILES string of the molecule is CC(C)(C)C(=O)OC(=O)C(C)(C)C.COC(C)CO.COC(C)COC(=O)C(C)(C)C.COCC(C)O.COCC(C)O.COCC(C)O. The van der Waals surface area contributed by atoms with Crippen molar-refractivity contribution in [1.29, 1.82) is 0 Å². The van der Waals surface area contributed by atoms with Crippen LogP contribution in [0.3, 0.4) is 0 Å². The quantitative estimate of drug-likeness (QED) is 0.178. The third-order valence-corrected chi connectivity index (χ3v) is 4.76. The summed E-state index contributed by atoms with van der Waals surface area (Å²) in [4.78, 5) is 33.8. The van der Waals surface area contributed by atoms with Gasteiger partial charge in [0.2, 0.25) is 0 Å². The van der Waals surface area contributed by atoms with E-state index in [2.05, 4.69) is 18.9 Å². The van der Waals surface area contributed by atoms with Crippen LogP contribution in [0.1, 0.15) is 96.9 Å². The molecule has 0 fully saturated rings. The maximum Gasteiger partial charge on any atom is 0.318 e. The van der Waals surface area contributed by atoms with E-state index in [9.17, 15) is 14.4 Å². The smallest absolute Gasteiger partial charge is 0.318 e. The molecule has 0 aliphatic rings. The van der Waals surface area contributed by atoms with Crippen molar-refractivity contribution < 1.29 is 68.0 Å². The van der Waals surface area contributed by atoms with Crippen molar-refractivity contribution in [3.63, 3.8) is 0 Å². The van der Waals surface area contributed by atoms with E-state index in [4.69, 9.17) is 34.6 Å². The van der Waals surface area contributed by atoms with Gasteiger partial charge in [0.25, 0.3) is 0 Å². The topological polar surface area (TPSA) is 197 Å². The molecule has 49 heavy (non-hydrogen) atoms. The summed E-state index contributed by atoms with van der Waals surface area (Å²) in [6.07, 6.45) is -1.01. The highest BCUT2D eigenvalue weighted by Gasteiger charge is 2.31. The van der Waals surface area contributed by atoms with Crippen molar-refractivity contribution in [2.75, 3.05) is 68.6 Å². The van der Waals surface area contributed by atoms with Gasteiger partial charge in [0.1, 0.15) is 6.61 Å². The molecule has 0 heterocycles. The maximum atomic E-state index is 11.3. The fraction of sp³-hybridized carbons (Fsp3) is 0.914. The molecule has 14 nitrogen and oxygen atoms in total. The Balaban J connectivity index is -0.000000118. The van der Waals surface area contributed by atoms with Gasteiger partial charge in [0.05, 0.1) is 73.2 Å². The molecule has 0 amide bonds. The maximum absolute atomic E-state index is 11.3. The van der Waals surface area contributed by atoms with E-state index in [-0.39, 0.29) is 43.1 Å². The van der Waals surface area contributed by atoms with E-state index in [1.165, 1.54) is 0 Å². The molecule has 0 aromatic carbocycles. The van der Waals surface area contributed by atoms with Crippen LogP contribution < -0.4 is 0 Å². The summed E-state index contributed by atoms with van der Waals surface area (Å²) in [5.74, 6) is -1.15. The molecule has 0 saturated carbocycles. The second-order valence-corrected chi connectivity index (χ2v) is 14.2. The normalized spacial score (nSPS) is 13.9. The molecule has 0 rings (SSSR count). The van der Waals surface area contributed by atoms with E-state index in [0.717, 1.165) is 0 Å². The predicted molar refractivity (Wildman–Crippen MR) is 191 cm³/mol. The monoisotopic (exact) mass is 721 g/mol. The average molecular weight is 721 g/mol. The van der Waals surface area contributed by atoms with E-state index >= 15 is 0 Å². The number of hydrogen-bond donors (Lipinski definition) is 4. The van der Waals surface area contributed by atoms with Crippen LogP contribution in [0.2, 0.25) is 0 Å². The summed E-state index contributed by atoms with van der Waals surface area (Å²) in [5, 5.41) is 33.5. The lowest BCUT2D eigenvalue weighted by Crippen LogP contribution is -2.31. The number of hydrogen-bond acceptors (Lipinski definition) is 14. The molecule has 0 aromatic heterocycles. The molecular weight excluding hydrogens is 644 g/mol. The van der Waals surface area contributed by atoms with Gasteiger partial charge in [-0.3, -0.25) is 14.4 Å². The molecule has 5 unspecified atom stereocenters. The van der Waals surface area contributed by atoms with Gasteiger partial charge < -0.3 is 53.6 Å². The molecule has 5 atom stereocenters. The number of methoxy groups -OCH3 is 5. The fourth-order valence-electron chi connectivity index (χ4n) is 1.67. The molecule has 0 saturated heterocycles. The average Bonchev–Trinajstić information content (AvgIpc) is 2.95. The van der Waals surface area contributed by atoms with Crippen molar-refractivity contribution in [3.05, 3.63) is 0 Å². The van der Waals surface area contributed by atoms with E-state index in [1.54, 1.807) is 105 Å². The number of carbonyl (C=O) groups is 3. The van der Waals surface area contributed by atoms with Crippen molar-refractivity contribution in [2.24, 2.45) is 16.2 Å². The summed E-state index contributed by atoms with van der Waals surface area (Å²) >= 11 is 0. The Hall–Kier alpha value is -1.75. The van der Waals surface area contributed by atoms with Gasteiger partial charge in [-0.1, -0.05) is 0 Å². The van der Waals surface area contributed by atoms with Crippen molar-refractivity contribution in [3.8, 4) is 0 Å². The highest BCUT2D eigenvalue weighted by atomic mass is 16.6. The number of aliphatic hydroxyl groups is 4. The van der Waals surface area contributed by atoms with Crippen LogP contribution in [0.4, 0.5) is 0 Å². The summed E-state index contributed by atoms with van der Waals surface area (Å²) in [6, 6.07) is 0. The molecule has 0 spiro atoms. The summed E-state index contributed by atoms with van der Waals surface area (Å²) < 4.78 is 32.9. The predicted octanol–water partition coefficient (Wildman–Crippen LogP) is 3.81. The second kappa shape index (κ2) is 34.7. The van der Waals surface area contributed by atoms with Crippen molar-refractivity contribution in [2.45, 2.75) is 127 Å². The van der Waals surface area contributed by atoms with Gasteiger partial charge in [-0.15, -0.1) is 0 Å². The van der Waals surface area contributed by atoms with Gasteiger partial charge in [-0.05, 0) is 96.9 Å². The van der Waals surface area contributed by atoms with Gasteiger partial charge in [0.15, 0.2) is 0 Å². The zero-order valence-corrected chi connectivity index (χ0v) is 34.3. The number of rotatable bonds is 11. The zero-order chi connectivity index (χ0) is 40.6. The minimum atomic E-state index is -0.624. The molecule has 0 aliphatic carbocycles. The second-order valence-electron chi connectivity index (χ2n) is 14.2. The Labute approximate surface area is 298 Å². The van der Waals surface area contributed by atoms with Crippen LogP contribution in [0.25, 0.3) is 0 Å². The minimum Gasteiger partial charge on any atom is -0.463 e. The lowest BCUT2D eigenvalue weighted by molar-refractivity contribution is -0.171. The van der Waals surface area contributed by atoms with Crippen LogP contribution >= 0.6 is 0 Å². The van der Waals surface area contributed by atoms with Gasteiger partial charge >= 0.3 is 17.9 Å². The highest BCUT2D eigenvalue weighted by molar-refractivity contribution is 5.90. The molecule has 0 aliphatic heterocycles. The lowest BCUT2D eigenvalue weighted by Gasteiger charge is -2.20. The molecule has 4 N–H and O–H groups in total. The third-order valence-electron chi connectivity index (χ3n) is 4.76. The first-order valence-corrected chi connectivity index (χ1v) is 16.2. The summed E-state index contributed by atoms with van der Waals surface area (Å²) in [7, 11) is 7.85. The number of esters is 3. The molecule has 0 aromatic rings. The number of ether oxygens (including phenoxy) is 7. The highest BCUT2D eigenvalue weighted by Crippen LogP contribution is 2.20. The first-order chi connectivity index (χ1) is 22.0. The van der Waals surface area contributed by atoms with Crippen LogP contribution in [0.15, 0.2) is 0 Å². The Bertz CT molecular complexity index is 697. The van der Waals surface area contributed by atoms with Crippen molar-refractivity contribution >= 4 is 17.9 Å². The summed E-state index contributed by atoms with van der Waals surface area (Å²) in [5.41, 5.74) is -1.67. The molecule has 14 heteroatoms. The van der Waals surface area contributed by atoms with Crippen LogP contribution in [-0.2, 0) is 47.5 Å². The standard InChI is InChI=1S/C10H18O3.C9H18O3.4C4H10O2/c1-9(2,3)7(11)13-8(12)10(4,5)6;1-7(11-5)6-12-8(10)9(2,3)4;3*1-4(5)3-6-2;1-4(3-5)6-2/h1-6H3;7H,6H2,1-5H3;4*4-5H,3H2,1-2H3. The Morgan fingerprint density at radius 3 is 0.878 bits per heavy atom. The summed E-state index contributed by atoms with van der Waals surface area (Å²) in [6.45, 7) is 26.2. The molecule has 0 radical (unpaired) electrons. The van der Waals surface area contributed by atoms with E-state index in [0.29, 0.717) is 26.4 Å². The first-order valence-electron chi connectivity index (χ1n) is 16.2. The van der Waals surface area contributed by atoms with Crippen LogP contribution in [-0.4, -0.2) is 137 Å². The van der Waals surface area contributed by atoms with E-state index in [1.807, 2.05) is 27.7 Å². The van der Waals surface area contributed by atoms with Crippen LogP contribution in [0, 0.1) is 16.2 Å². The van der Waals surface area contributed by atoms with Crippen LogP contribution in [0.5, 0.6) is 0 Å². The lowest BCUT2D eigenvalue weighted by atomic mass is 9.95. The number of aliphatic hydroxyl groups excluding tert-OH is 4.